The van der Waals surface area contributed by atoms with Crippen LogP contribution in [0.1, 0.15) is 60.3 Å². The van der Waals surface area contributed by atoms with Crippen LogP contribution in [0.25, 0.3) is 0 Å². The van der Waals surface area contributed by atoms with Crippen molar-refractivity contribution < 1.29 is 34.1 Å². The molecule has 4 aliphatic rings. The normalized spacial score (nSPS) is 47.9. The molecule has 0 aromatic heterocycles. The maximum Gasteiger partial charge on any atom is 0.303 e. The van der Waals surface area contributed by atoms with Gasteiger partial charge < -0.3 is 19.7 Å². The Morgan fingerprint density at radius 3 is 2.23 bits per heavy atom. The van der Waals surface area contributed by atoms with Crippen molar-refractivity contribution in [2.75, 3.05) is 0 Å². The highest BCUT2D eigenvalue weighted by atomic mass is 16.6. The molecule has 2 N–H and O–H groups in total. The maximum atomic E-state index is 13.4. The lowest BCUT2D eigenvalue weighted by Gasteiger charge is -2.66. The number of Topliss-reactive ketones (excluding diaryl/α,β-unsaturated/α-hetero) is 1. The molecule has 0 heterocycles. The Hall–Kier alpha value is -1.73. The van der Waals surface area contributed by atoms with Crippen molar-refractivity contribution in [1.29, 1.82) is 0 Å². The van der Waals surface area contributed by atoms with Gasteiger partial charge in [0.2, 0.25) is 0 Å². The van der Waals surface area contributed by atoms with E-state index in [1.165, 1.54) is 13.8 Å². The molecule has 31 heavy (non-hydrogen) atoms. The monoisotopic (exact) mass is 434 g/mol. The van der Waals surface area contributed by atoms with E-state index >= 15 is 0 Å². The fraction of sp³-hybridized carbons (Fsp3) is 0.792. The molecule has 0 aromatic carbocycles. The van der Waals surface area contributed by atoms with Gasteiger partial charge in [0.05, 0.1) is 17.6 Å². The van der Waals surface area contributed by atoms with Gasteiger partial charge >= 0.3 is 11.9 Å². The minimum atomic E-state index is -1.27. The number of esters is 2. The molecule has 7 nitrogen and oxygen atoms in total. The fourth-order valence-electron chi connectivity index (χ4n) is 8.15. The van der Waals surface area contributed by atoms with Gasteiger partial charge in [-0.25, -0.2) is 0 Å². The molecule has 2 bridgehead atoms. The van der Waals surface area contributed by atoms with Crippen molar-refractivity contribution in [3.05, 3.63) is 12.2 Å². The highest BCUT2D eigenvalue weighted by Gasteiger charge is 2.75. The van der Waals surface area contributed by atoms with Crippen LogP contribution in [0.15, 0.2) is 12.2 Å². The van der Waals surface area contributed by atoms with Crippen LogP contribution >= 0.6 is 0 Å². The molecule has 0 aromatic rings. The summed E-state index contributed by atoms with van der Waals surface area (Å²) in [7, 11) is 0. The highest BCUT2D eigenvalue weighted by molar-refractivity contribution is 6.04. The Kier molecular flexibility index (Phi) is 4.99. The van der Waals surface area contributed by atoms with Crippen LogP contribution in [0, 0.1) is 34.0 Å². The van der Waals surface area contributed by atoms with E-state index in [4.69, 9.17) is 9.47 Å². The summed E-state index contributed by atoms with van der Waals surface area (Å²) in [4.78, 5) is 37.2. The standard InChI is InChI=1S/C24H34O7/c1-11-14-7-8-16-23(6)10-15(30-12(2)25)21(31-13(3)26)22(4,5)17(23)9-18(27)24(16,19(11)28)20(14)29/h14-18,20-21,27,29H,1,7-10H2,2-6H3/t14-,15-,16-,17+,18+,20+,21-,23-,24-/m0/s1. The predicted octanol–water partition coefficient (Wildman–Crippen LogP) is 2.18. The number of carbonyl (C=O) groups excluding carboxylic acids is 3. The molecule has 7 heteroatoms. The summed E-state index contributed by atoms with van der Waals surface area (Å²) < 4.78 is 11.3. The first-order valence-electron chi connectivity index (χ1n) is 11.2. The largest absolute Gasteiger partial charge is 0.459 e. The van der Waals surface area contributed by atoms with E-state index in [1.807, 2.05) is 13.8 Å². The molecule has 0 saturated heterocycles. The minimum absolute atomic E-state index is 0.104. The molecule has 0 aliphatic heterocycles. The average Bonchev–Trinajstić information content (AvgIpc) is 2.75. The lowest BCUT2D eigenvalue weighted by molar-refractivity contribution is -0.263. The zero-order valence-electron chi connectivity index (χ0n) is 19.0. The number of rotatable bonds is 2. The summed E-state index contributed by atoms with van der Waals surface area (Å²) in [6.45, 7) is 12.6. The van der Waals surface area contributed by atoms with Crippen LogP contribution in [0.3, 0.4) is 0 Å². The van der Waals surface area contributed by atoms with E-state index in [0.29, 0.717) is 31.3 Å². The van der Waals surface area contributed by atoms with E-state index in [1.54, 1.807) is 0 Å². The van der Waals surface area contributed by atoms with Crippen LogP contribution in [-0.4, -0.2) is 52.4 Å². The predicted molar refractivity (Wildman–Crippen MR) is 111 cm³/mol. The van der Waals surface area contributed by atoms with Gasteiger partial charge in [0.1, 0.15) is 12.2 Å². The first-order chi connectivity index (χ1) is 14.3. The summed E-state index contributed by atoms with van der Waals surface area (Å²) in [6.07, 6.45) is -1.29. The van der Waals surface area contributed by atoms with Crippen molar-refractivity contribution in [3.8, 4) is 0 Å². The van der Waals surface area contributed by atoms with Crippen molar-refractivity contribution in [2.24, 2.45) is 34.0 Å². The molecule has 1 spiro atoms. The van der Waals surface area contributed by atoms with E-state index in [0.717, 1.165) is 0 Å². The number of fused-ring (bicyclic) bond motifs is 3. The van der Waals surface area contributed by atoms with Gasteiger partial charge in [-0.1, -0.05) is 27.4 Å². The minimum Gasteiger partial charge on any atom is -0.459 e. The Balaban J connectivity index is 1.84. The quantitative estimate of drug-likeness (QED) is 0.506. The van der Waals surface area contributed by atoms with Crippen molar-refractivity contribution >= 4 is 17.7 Å². The molecule has 4 saturated carbocycles. The van der Waals surface area contributed by atoms with Crippen LogP contribution < -0.4 is 0 Å². The zero-order chi connectivity index (χ0) is 23.1. The van der Waals surface area contributed by atoms with Crippen molar-refractivity contribution in [3.63, 3.8) is 0 Å². The average molecular weight is 435 g/mol. The number of ether oxygens (including phenoxy) is 2. The Bertz CT molecular complexity index is 847. The number of carbonyl (C=O) groups is 3. The number of aliphatic hydroxyl groups excluding tert-OH is 2. The van der Waals surface area contributed by atoms with Gasteiger partial charge in [-0.05, 0) is 48.5 Å². The topological polar surface area (TPSA) is 110 Å². The van der Waals surface area contributed by atoms with Crippen molar-refractivity contribution in [1.82, 2.24) is 0 Å². The molecule has 4 fully saturated rings. The van der Waals surface area contributed by atoms with Crippen LogP contribution in [-0.2, 0) is 23.9 Å². The second kappa shape index (κ2) is 6.88. The maximum absolute atomic E-state index is 13.4. The molecule has 0 radical (unpaired) electrons. The van der Waals surface area contributed by atoms with E-state index in [2.05, 4.69) is 13.5 Å². The molecular formula is C24H34O7. The zero-order valence-corrected chi connectivity index (χ0v) is 19.0. The SMILES string of the molecule is C=C1C(=O)[C@@]23[C@H](O)C[C@@H]4C(C)(C)[C@@H](OC(C)=O)[C@@H](OC(C)=O)C[C@@]4(C)[C@@H]2CC[C@@H]1[C@H]3O. The number of ketones is 1. The number of hydrogen-bond donors (Lipinski definition) is 2. The van der Waals surface area contributed by atoms with Gasteiger partial charge in [-0.15, -0.1) is 0 Å². The first kappa shape index (κ1) is 22.5. The third-order valence-corrected chi connectivity index (χ3v) is 9.17. The van der Waals surface area contributed by atoms with E-state index < -0.39 is 52.6 Å². The van der Waals surface area contributed by atoms with Crippen LogP contribution in [0.2, 0.25) is 0 Å². The Labute approximate surface area is 183 Å². The van der Waals surface area contributed by atoms with Crippen molar-refractivity contribution in [2.45, 2.75) is 84.7 Å². The Morgan fingerprint density at radius 1 is 1.03 bits per heavy atom. The van der Waals surface area contributed by atoms with Gasteiger partial charge in [0, 0.05) is 25.2 Å². The van der Waals surface area contributed by atoms with Gasteiger partial charge in [-0.3, -0.25) is 14.4 Å². The van der Waals surface area contributed by atoms with Crippen LogP contribution in [0.5, 0.6) is 0 Å². The second-order valence-corrected chi connectivity index (χ2v) is 11.0. The lowest BCUT2D eigenvalue weighted by Crippen LogP contribution is -2.70. The molecular weight excluding hydrogens is 400 g/mol. The molecule has 9 atom stereocenters. The summed E-state index contributed by atoms with van der Waals surface area (Å²) >= 11 is 0. The second-order valence-electron chi connectivity index (χ2n) is 11.0. The number of hydrogen-bond acceptors (Lipinski definition) is 7. The van der Waals surface area contributed by atoms with Crippen LogP contribution in [0.4, 0.5) is 0 Å². The summed E-state index contributed by atoms with van der Waals surface area (Å²) in [5.74, 6) is -1.84. The smallest absolute Gasteiger partial charge is 0.303 e. The molecule has 4 aliphatic carbocycles. The summed E-state index contributed by atoms with van der Waals surface area (Å²) in [5.41, 5.74) is -1.98. The third kappa shape index (κ3) is 2.75. The first-order valence-corrected chi connectivity index (χ1v) is 11.2. The fourth-order valence-corrected chi connectivity index (χ4v) is 8.15. The van der Waals surface area contributed by atoms with Gasteiger partial charge in [0.15, 0.2) is 5.78 Å². The Morgan fingerprint density at radius 2 is 1.65 bits per heavy atom. The lowest BCUT2D eigenvalue weighted by atomic mass is 9.39. The molecule has 172 valence electrons. The summed E-state index contributed by atoms with van der Waals surface area (Å²) in [5, 5.41) is 22.6. The van der Waals surface area contributed by atoms with Gasteiger partial charge in [0.25, 0.3) is 0 Å². The highest BCUT2D eigenvalue weighted by Crippen LogP contribution is 2.71. The molecule has 0 unspecified atom stereocenters. The number of aliphatic hydroxyl groups is 2. The third-order valence-electron chi connectivity index (χ3n) is 9.17. The summed E-state index contributed by atoms with van der Waals surface area (Å²) in [6, 6.07) is 0. The van der Waals surface area contributed by atoms with E-state index in [-0.39, 0.29) is 23.5 Å². The van der Waals surface area contributed by atoms with Gasteiger partial charge in [-0.2, -0.15) is 0 Å². The van der Waals surface area contributed by atoms with E-state index in [9.17, 15) is 24.6 Å². The molecule has 0 amide bonds. The molecule has 4 rings (SSSR count).